The summed E-state index contributed by atoms with van der Waals surface area (Å²) in [5.41, 5.74) is 0. The Balaban J connectivity index is 2.63. The topological polar surface area (TPSA) is 175 Å². The Kier molecular flexibility index (Phi) is 53.6. The molecule has 0 aromatic rings. The lowest BCUT2D eigenvalue weighted by molar-refractivity contribution is -0.305. The maximum absolute atomic E-state index is 13.5. The zero-order chi connectivity index (χ0) is 58.9. The van der Waals surface area contributed by atoms with Crippen molar-refractivity contribution >= 4 is 11.9 Å². The molecule has 0 radical (unpaired) electrons. The third-order valence-corrected chi connectivity index (χ3v) is 15.3. The number of ether oxygens (including phenoxy) is 3. The summed E-state index contributed by atoms with van der Waals surface area (Å²) in [5, 5.41) is 57.1. The number of aliphatic hydroxyl groups excluding tert-OH is 5. The first kappa shape index (κ1) is 75.9. The molecule has 1 heterocycles. The predicted octanol–water partition coefficient (Wildman–Crippen LogP) is 16.5. The molecule has 0 aromatic carbocycles. The maximum Gasteiger partial charge on any atom is 0.306 e. The molecule has 6 N–H and O–H groups in total. The standard InChI is InChI=1S/C70H123NO10/c1-4-7-10-13-16-19-22-24-26-28-30-31-32-34-35-37-39-42-45-48-51-54-57-63(74)69(78)71-61(62(73)56-53-50-47-44-41-21-18-15-12-9-6-3)60-79-70-68(67(77)66(76)64(59-72)80-70)81-65(75)58-55-52-49-46-43-40-38-36-33-29-27-25-23-20-17-14-11-8-5-2/h16-17,19-20,24-27,33,36,40,43,53,56,61-64,66-68,70,72-74,76-77H,4-15,18,21-23,28-32,34-35,37-39,41-42,44-52,54-55,57-60H2,1-3H3,(H,71,78)/b19-16-,20-17-,26-24-,27-25-,36-33-,43-40-,56-53+. The Morgan fingerprint density at radius 3 is 1.30 bits per heavy atom. The normalized spacial score (nSPS) is 19.2. The molecule has 1 amide bonds. The van der Waals surface area contributed by atoms with Crippen LogP contribution in [0.4, 0.5) is 0 Å². The minimum absolute atomic E-state index is 0.0834. The highest BCUT2D eigenvalue weighted by molar-refractivity contribution is 5.80. The molecule has 0 aromatic heterocycles. The molecule has 0 spiro atoms. The van der Waals surface area contributed by atoms with Crippen LogP contribution in [0, 0.1) is 0 Å². The van der Waals surface area contributed by atoms with Gasteiger partial charge in [0.15, 0.2) is 12.4 Å². The number of esters is 1. The first-order valence-electron chi connectivity index (χ1n) is 33.4. The monoisotopic (exact) mass is 1140 g/mol. The zero-order valence-electron chi connectivity index (χ0n) is 51.9. The Labute approximate surface area is 495 Å². The van der Waals surface area contributed by atoms with Crippen LogP contribution < -0.4 is 5.32 Å². The summed E-state index contributed by atoms with van der Waals surface area (Å²) < 4.78 is 17.6. The van der Waals surface area contributed by atoms with Crippen molar-refractivity contribution in [2.45, 2.75) is 333 Å². The third-order valence-electron chi connectivity index (χ3n) is 15.3. The van der Waals surface area contributed by atoms with Gasteiger partial charge >= 0.3 is 5.97 Å². The average Bonchev–Trinajstić information content (AvgIpc) is 3.50. The van der Waals surface area contributed by atoms with Crippen molar-refractivity contribution in [1.29, 1.82) is 0 Å². The molecular weight excluding hydrogens is 1010 g/mol. The number of rotatable bonds is 56. The van der Waals surface area contributed by atoms with Crippen molar-refractivity contribution in [3.63, 3.8) is 0 Å². The Hall–Kier alpha value is -3.16. The minimum atomic E-state index is -1.63. The number of amides is 1. The predicted molar refractivity (Wildman–Crippen MR) is 338 cm³/mol. The second kappa shape index (κ2) is 57.3. The Morgan fingerprint density at radius 2 is 0.852 bits per heavy atom. The molecule has 0 bridgehead atoms. The lowest BCUT2D eigenvalue weighted by atomic mass is 9.99. The van der Waals surface area contributed by atoms with Gasteiger partial charge in [-0.1, -0.05) is 260 Å². The Morgan fingerprint density at radius 1 is 0.481 bits per heavy atom. The van der Waals surface area contributed by atoms with Crippen molar-refractivity contribution in [1.82, 2.24) is 5.32 Å². The summed E-state index contributed by atoms with van der Waals surface area (Å²) in [7, 11) is 0. The fraction of sp³-hybridized carbons (Fsp3) is 0.771. The SMILES string of the molecule is CCCCC/C=C\C/C=C\C/C=C\C/C=C\CCCCCC(=O)OC1C(OCC(NC(=O)C(O)CCCCCCCCCCCCCC/C=C\C/C=C\CCCCC)C(O)/C=C/CCCCCCCCCCC)OC(CO)C(O)C1O. The van der Waals surface area contributed by atoms with Crippen LogP contribution in [0.15, 0.2) is 85.1 Å². The van der Waals surface area contributed by atoms with E-state index in [0.717, 1.165) is 83.5 Å². The van der Waals surface area contributed by atoms with Crippen LogP contribution in [-0.4, -0.2) is 99.6 Å². The zero-order valence-corrected chi connectivity index (χ0v) is 51.9. The molecule has 1 saturated heterocycles. The van der Waals surface area contributed by atoms with Crippen molar-refractivity contribution in [3.05, 3.63) is 85.1 Å². The molecule has 468 valence electrons. The molecule has 1 aliphatic rings. The molecule has 81 heavy (non-hydrogen) atoms. The van der Waals surface area contributed by atoms with Gasteiger partial charge in [0, 0.05) is 6.42 Å². The smallest absolute Gasteiger partial charge is 0.306 e. The maximum atomic E-state index is 13.5. The molecule has 0 aliphatic carbocycles. The van der Waals surface area contributed by atoms with E-state index >= 15 is 0 Å². The molecule has 1 fully saturated rings. The van der Waals surface area contributed by atoms with Crippen molar-refractivity contribution < 1.29 is 49.3 Å². The number of nitrogens with one attached hydrogen (secondary N) is 1. The first-order valence-corrected chi connectivity index (χ1v) is 33.4. The highest BCUT2D eigenvalue weighted by atomic mass is 16.7. The molecular formula is C70H123NO10. The van der Waals surface area contributed by atoms with Crippen molar-refractivity contribution in [2.75, 3.05) is 13.2 Å². The van der Waals surface area contributed by atoms with E-state index in [1.54, 1.807) is 6.08 Å². The van der Waals surface area contributed by atoms with Crippen LogP contribution in [-0.2, 0) is 23.8 Å². The number of hydrogen-bond acceptors (Lipinski definition) is 10. The van der Waals surface area contributed by atoms with Crippen molar-refractivity contribution in [3.8, 4) is 0 Å². The molecule has 0 saturated carbocycles. The van der Waals surface area contributed by atoms with Crippen LogP contribution in [0.1, 0.15) is 284 Å². The molecule has 8 atom stereocenters. The van der Waals surface area contributed by atoms with E-state index in [0.29, 0.717) is 12.8 Å². The van der Waals surface area contributed by atoms with Crippen LogP contribution in [0.5, 0.6) is 0 Å². The number of carbonyl (C=O) groups is 2. The summed E-state index contributed by atoms with van der Waals surface area (Å²) in [4.78, 5) is 26.6. The van der Waals surface area contributed by atoms with Gasteiger partial charge in [0.25, 0.3) is 0 Å². The van der Waals surface area contributed by atoms with Crippen molar-refractivity contribution in [2.24, 2.45) is 0 Å². The summed E-state index contributed by atoms with van der Waals surface area (Å²) in [6.45, 7) is 5.73. The number of carbonyl (C=O) groups excluding carboxylic acids is 2. The van der Waals surface area contributed by atoms with Gasteiger partial charge in [0.2, 0.25) is 5.91 Å². The van der Waals surface area contributed by atoms with E-state index in [-0.39, 0.29) is 19.4 Å². The second-order valence-electron chi connectivity index (χ2n) is 22.8. The number of hydrogen-bond donors (Lipinski definition) is 6. The van der Waals surface area contributed by atoms with E-state index in [4.69, 9.17) is 14.2 Å². The number of allylic oxidation sites excluding steroid dienone is 13. The van der Waals surface area contributed by atoms with Gasteiger partial charge in [-0.2, -0.15) is 0 Å². The quantitative estimate of drug-likeness (QED) is 0.0195. The Bertz CT molecular complexity index is 1640. The van der Waals surface area contributed by atoms with E-state index in [2.05, 4.69) is 99.0 Å². The van der Waals surface area contributed by atoms with Crippen LogP contribution >= 0.6 is 0 Å². The van der Waals surface area contributed by atoms with E-state index in [9.17, 15) is 35.1 Å². The van der Waals surface area contributed by atoms with Gasteiger partial charge in [-0.05, 0) is 103 Å². The van der Waals surface area contributed by atoms with Gasteiger partial charge in [-0.3, -0.25) is 9.59 Å². The summed E-state index contributed by atoms with van der Waals surface area (Å²) in [6, 6.07) is -1.03. The number of aliphatic hydroxyl groups is 5. The lowest BCUT2D eigenvalue weighted by Crippen LogP contribution is -2.61. The summed E-state index contributed by atoms with van der Waals surface area (Å²) in [5.74, 6) is -1.23. The second-order valence-corrected chi connectivity index (χ2v) is 22.8. The highest BCUT2D eigenvalue weighted by Gasteiger charge is 2.47. The molecule has 11 nitrogen and oxygen atoms in total. The van der Waals surface area contributed by atoms with Gasteiger partial charge < -0.3 is 45.1 Å². The number of unbranched alkanes of at least 4 members (excludes halogenated alkanes) is 30. The molecule has 11 heteroatoms. The van der Waals surface area contributed by atoms with Crippen LogP contribution in [0.25, 0.3) is 0 Å². The minimum Gasteiger partial charge on any atom is -0.454 e. The third kappa shape index (κ3) is 45.0. The average molecular weight is 1140 g/mol. The largest absolute Gasteiger partial charge is 0.454 e. The molecule has 8 unspecified atom stereocenters. The molecule has 1 rings (SSSR count). The van der Waals surface area contributed by atoms with Gasteiger partial charge in [0.05, 0.1) is 25.4 Å². The van der Waals surface area contributed by atoms with Crippen LogP contribution in [0.2, 0.25) is 0 Å². The first-order chi connectivity index (χ1) is 39.7. The van der Waals surface area contributed by atoms with E-state index < -0.39 is 67.4 Å². The fourth-order valence-electron chi connectivity index (χ4n) is 9.96. The summed E-state index contributed by atoms with van der Waals surface area (Å²) in [6.07, 6.45) is 64.8. The fourth-order valence-corrected chi connectivity index (χ4v) is 9.96. The van der Waals surface area contributed by atoms with E-state index in [1.807, 2.05) is 6.08 Å². The summed E-state index contributed by atoms with van der Waals surface area (Å²) >= 11 is 0. The highest BCUT2D eigenvalue weighted by Crippen LogP contribution is 2.26. The molecule has 1 aliphatic heterocycles. The van der Waals surface area contributed by atoms with Crippen LogP contribution in [0.3, 0.4) is 0 Å². The van der Waals surface area contributed by atoms with Gasteiger partial charge in [0.1, 0.15) is 24.4 Å². The lowest BCUT2D eigenvalue weighted by Gasteiger charge is -2.41. The van der Waals surface area contributed by atoms with Gasteiger partial charge in [-0.15, -0.1) is 0 Å². The van der Waals surface area contributed by atoms with Gasteiger partial charge in [-0.25, -0.2) is 0 Å². The van der Waals surface area contributed by atoms with E-state index in [1.165, 1.54) is 154 Å².